The predicted octanol–water partition coefficient (Wildman–Crippen LogP) is 0.838. The highest BCUT2D eigenvalue weighted by atomic mass is 32.2. The highest BCUT2D eigenvalue weighted by Crippen LogP contribution is 2.43. The molecule has 2 rings (SSSR count). The summed E-state index contributed by atoms with van der Waals surface area (Å²) in [6.45, 7) is 1.52. The quantitative estimate of drug-likeness (QED) is 0.820. The molecule has 0 aromatic rings. The molecule has 0 aliphatic carbocycles. The number of rotatable bonds is 2. The smallest absolute Gasteiger partial charge is 0.360 e. The van der Waals surface area contributed by atoms with Gasteiger partial charge in [0.15, 0.2) is 0 Å². The minimum atomic E-state index is -5.07. The highest BCUT2D eigenvalue weighted by Gasteiger charge is 2.65. The van der Waals surface area contributed by atoms with E-state index in [0.29, 0.717) is 5.70 Å². The van der Waals surface area contributed by atoms with Crippen LogP contribution in [0.3, 0.4) is 0 Å². The first-order valence-corrected chi connectivity index (χ1v) is 7.72. The fraction of sp³-hybridized carbons (Fsp3) is 0.545. The zero-order valence-corrected chi connectivity index (χ0v) is 11.5. The van der Waals surface area contributed by atoms with Crippen molar-refractivity contribution in [3.8, 4) is 0 Å². The molecule has 2 aliphatic rings. The van der Waals surface area contributed by atoms with Crippen molar-refractivity contribution in [1.82, 2.24) is 4.90 Å². The van der Waals surface area contributed by atoms with Gasteiger partial charge in [-0.05, 0) is 19.1 Å². The molecule has 20 heavy (non-hydrogen) atoms. The molecular weight excluding hydrogens is 297 g/mol. The van der Waals surface area contributed by atoms with Gasteiger partial charge in [-0.1, -0.05) is 6.08 Å². The number of alkyl halides is 3. The number of fused-ring (bicyclic) bond motifs is 1. The van der Waals surface area contributed by atoms with Crippen LogP contribution >= 0.6 is 0 Å². The van der Waals surface area contributed by atoms with Crippen LogP contribution in [0.2, 0.25) is 0 Å². The Morgan fingerprint density at radius 2 is 2.10 bits per heavy atom. The van der Waals surface area contributed by atoms with Crippen molar-refractivity contribution in [1.29, 1.82) is 0 Å². The van der Waals surface area contributed by atoms with Gasteiger partial charge in [-0.25, -0.2) is 13.4 Å². The normalized spacial score (nSPS) is 30.1. The molecule has 0 spiro atoms. The maximum atomic E-state index is 13.1. The summed E-state index contributed by atoms with van der Waals surface area (Å²) < 4.78 is 62.1. The summed E-state index contributed by atoms with van der Waals surface area (Å²) in [5, 5.41) is 9.92. The summed E-state index contributed by atoms with van der Waals surface area (Å²) in [7, 11) is -3.74. The first kappa shape index (κ1) is 15.0. The molecule has 1 N–H and O–H groups in total. The average molecular weight is 310 g/mol. The van der Waals surface area contributed by atoms with E-state index in [2.05, 4.69) is 4.99 Å². The van der Waals surface area contributed by atoms with Gasteiger partial charge in [-0.2, -0.15) is 13.2 Å². The van der Waals surface area contributed by atoms with Gasteiger partial charge in [0.2, 0.25) is 0 Å². The van der Waals surface area contributed by atoms with Crippen molar-refractivity contribution in [2.75, 3.05) is 12.0 Å². The minimum Gasteiger partial charge on any atom is -0.360 e. The summed E-state index contributed by atoms with van der Waals surface area (Å²) in [6.07, 6.45) is 0.0636. The second-order valence-corrected chi connectivity index (χ2v) is 7.02. The molecular formula is C11H13F3N2O3S. The van der Waals surface area contributed by atoms with Crippen molar-refractivity contribution in [3.05, 3.63) is 23.9 Å². The van der Waals surface area contributed by atoms with E-state index in [9.17, 15) is 26.7 Å². The minimum absolute atomic E-state index is 0.0986. The fourth-order valence-corrected chi connectivity index (χ4v) is 3.23. The number of amidine groups is 1. The van der Waals surface area contributed by atoms with Crippen LogP contribution < -0.4 is 0 Å². The van der Waals surface area contributed by atoms with Crippen molar-refractivity contribution >= 4 is 15.7 Å². The number of halogens is 3. The number of hydrogen-bond acceptors (Lipinski definition) is 5. The van der Waals surface area contributed by atoms with E-state index < -0.39 is 33.5 Å². The number of allylic oxidation sites excluding steroid dienone is 3. The number of nitrogens with zero attached hydrogens (tertiary/aromatic N) is 2. The molecule has 0 bridgehead atoms. The standard InChI is InChI=1S/C11H13F3N2O3S/c1-7-4-3-5-9-15-10(17,11(12,13)14)8(16(7)9)6-20(2,18)19/h3-5,8,17H,6H2,1-2H3/t8-,10-/m0/s1. The molecule has 0 aromatic carbocycles. The predicted molar refractivity (Wildman–Crippen MR) is 66.7 cm³/mol. The van der Waals surface area contributed by atoms with E-state index in [1.54, 1.807) is 0 Å². The van der Waals surface area contributed by atoms with Gasteiger partial charge in [-0.3, -0.25) is 0 Å². The molecule has 0 radical (unpaired) electrons. The molecule has 0 saturated carbocycles. The third-order valence-corrected chi connectivity index (χ3v) is 4.07. The van der Waals surface area contributed by atoms with Crippen LogP contribution in [0.1, 0.15) is 6.92 Å². The van der Waals surface area contributed by atoms with Crippen LogP contribution in [0.4, 0.5) is 13.2 Å². The van der Waals surface area contributed by atoms with E-state index in [4.69, 9.17) is 0 Å². The van der Waals surface area contributed by atoms with Crippen LogP contribution in [0.15, 0.2) is 28.9 Å². The number of aliphatic imine (C=N–C) groups is 1. The Kier molecular flexibility index (Phi) is 3.25. The van der Waals surface area contributed by atoms with Crippen LogP contribution in [0, 0.1) is 0 Å². The number of sulfone groups is 1. The maximum absolute atomic E-state index is 13.1. The fourth-order valence-electron chi connectivity index (χ4n) is 2.27. The highest BCUT2D eigenvalue weighted by molar-refractivity contribution is 7.90. The number of hydrogen-bond donors (Lipinski definition) is 1. The van der Waals surface area contributed by atoms with Crippen molar-refractivity contribution in [2.24, 2.45) is 4.99 Å². The van der Waals surface area contributed by atoms with Gasteiger partial charge in [0.1, 0.15) is 21.7 Å². The van der Waals surface area contributed by atoms with Crippen molar-refractivity contribution in [2.45, 2.75) is 24.9 Å². The third-order valence-electron chi connectivity index (χ3n) is 3.15. The van der Waals surface area contributed by atoms with Gasteiger partial charge in [0.25, 0.3) is 5.72 Å². The van der Waals surface area contributed by atoms with Gasteiger partial charge < -0.3 is 10.0 Å². The van der Waals surface area contributed by atoms with Gasteiger partial charge in [0, 0.05) is 12.0 Å². The molecule has 2 aliphatic heterocycles. The zero-order chi connectivity index (χ0) is 15.3. The molecule has 2 heterocycles. The SMILES string of the molecule is CC1=CC=CC2=N[C@@](O)(C(F)(F)F)[C@H](CS(C)(=O)=O)N12. The summed E-state index contributed by atoms with van der Waals surface area (Å²) in [4.78, 5) is 4.42. The molecule has 0 aromatic heterocycles. The molecule has 5 nitrogen and oxygen atoms in total. The van der Waals surface area contributed by atoms with Crippen LogP contribution in [0.25, 0.3) is 0 Å². The summed E-state index contributed by atoms with van der Waals surface area (Å²) in [6, 6.07) is -1.73. The largest absolute Gasteiger partial charge is 0.440 e. The third kappa shape index (κ3) is 2.35. The Labute approximate surface area is 114 Å². The van der Waals surface area contributed by atoms with Gasteiger partial charge in [-0.15, -0.1) is 0 Å². The number of aliphatic hydroxyl groups is 1. The van der Waals surface area contributed by atoms with E-state index in [1.165, 1.54) is 25.2 Å². The van der Waals surface area contributed by atoms with E-state index in [-0.39, 0.29) is 5.84 Å². The summed E-state index contributed by atoms with van der Waals surface area (Å²) in [5.74, 6) is -0.951. The van der Waals surface area contributed by atoms with Crippen LogP contribution in [-0.2, 0) is 9.84 Å². The lowest BCUT2D eigenvalue weighted by atomic mass is 10.0. The van der Waals surface area contributed by atoms with Crippen LogP contribution in [0.5, 0.6) is 0 Å². The van der Waals surface area contributed by atoms with Gasteiger partial charge >= 0.3 is 6.18 Å². The second kappa shape index (κ2) is 4.32. The molecule has 9 heteroatoms. The Morgan fingerprint density at radius 1 is 1.50 bits per heavy atom. The lowest BCUT2D eigenvalue weighted by molar-refractivity contribution is -0.265. The first-order chi connectivity index (χ1) is 8.96. The average Bonchev–Trinajstić information content (AvgIpc) is 2.51. The molecule has 0 saturated heterocycles. The molecule has 2 atom stereocenters. The van der Waals surface area contributed by atoms with Gasteiger partial charge in [0.05, 0.1) is 5.75 Å². The Bertz CT molecular complexity index is 621. The molecule has 0 fully saturated rings. The Morgan fingerprint density at radius 3 is 2.60 bits per heavy atom. The monoisotopic (exact) mass is 310 g/mol. The van der Waals surface area contributed by atoms with E-state index in [1.807, 2.05) is 0 Å². The van der Waals surface area contributed by atoms with E-state index >= 15 is 0 Å². The Hall–Kier alpha value is -1.35. The lowest BCUT2D eigenvalue weighted by Crippen LogP contribution is -2.57. The second-order valence-electron chi connectivity index (χ2n) is 4.84. The molecule has 0 unspecified atom stereocenters. The molecule has 0 amide bonds. The Balaban J connectivity index is 2.54. The maximum Gasteiger partial charge on any atom is 0.440 e. The topological polar surface area (TPSA) is 70.0 Å². The van der Waals surface area contributed by atoms with Crippen molar-refractivity contribution < 1.29 is 26.7 Å². The zero-order valence-electron chi connectivity index (χ0n) is 10.7. The molecule has 112 valence electrons. The van der Waals surface area contributed by atoms with Crippen LogP contribution in [-0.4, -0.2) is 54.2 Å². The van der Waals surface area contributed by atoms with Crippen molar-refractivity contribution in [3.63, 3.8) is 0 Å². The van der Waals surface area contributed by atoms with E-state index in [0.717, 1.165) is 11.2 Å². The first-order valence-electron chi connectivity index (χ1n) is 5.66. The summed E-state index contributed by atoms with van der Waals surface area (Å²) >= 11 is 0. The summed E-state index contributed by atoms with van der Waals surface area (Å²) in [5.41, 5.74) is -3.05. The lowest BCUT2D eigenvalue weighted by Gasteiger charge is -2.35.